The first-order valence-corrected chi connectivity index (χ1v) is 8.86. The van der Waals surface area contributed by atoms with Gasteiger partial charge in [-0.15, -0.1) is 11.3 Å². The first-order valence-electron chi connectivity index (χ1n) is 8.04. The van der Waals surface area contributed by atoms with Crippen molar-refractivity contribution in [2.24, 2.45) is 0 Å². The summed E-state index contributed by atoms with van der Waals surface area (Å²) < 4.78 is 0. The molecule has 0 fully saturated rings. The van der Waals surface area contributed by atoms with Gasteiger partial charge in [0, 0.05) is 17.6 Å². The lowest BCUT2D eigenvalue weighted by molar-refractivity contribution is 0.0957. The van der Waals surface area contributed by atoms with E-state index >= 15 is 0 Å². The molecule has 2 heterocycles. The van der Waals surface area contributed by atoms with Crippen molar-refractivity contribution in [3.05, 3.63) is 57.4 Å². The summed E-state index contributed by atoms with van der Waals surface area (Å²) in [6.45, 7) is 8.54. The van der Waals surface area contributed by atoms with E-state index in [0.29, 0.717) is 6.54 Å². The van der Waals surface area contributed by atoms with Gasteiger partial charge >= 0.3 is 0 Å². The molecule has 0 saturated carbocycles. The topological polar surface area (TPSA) is 54.9 Å². The summed E-state index contributed by atoms with van der Waals surface area (Å²) in [6.07, 6.45) is 0.834. The van der Waals surface area contributed by atoms with Gasteiger partial charge in [-0.25, -0.2) is 9.97 Å². The zero-order valence-corrected chi connectivity index (χ0v) is 15.3. The zero-order valence-electron chi connectivity index (χ0n) is 14.4. The number of aryl methyl sites for hydroxylation is 4. The summed E-state index contributed by atoms with van der Waals surface area (Å²) in [7, 11) is 0. The molecule has 0 unspecified atom stereocenters. The monoisotopic (exact) mass is 339 g/mol. The largest absolute Gasteiger partial charge is 0.351 e. The number of thiophene rings is 1. The van der Waals surface area contributed by atoms with Crippen LogP contribution in [0.3, 0.4) is 0 Å². The smallest absolute Gasteiger partial charge is 0.261 e. The van der Waals surface area contributed by atoms with E-state index in [1.165, 1.54) is 22.5 Å². The number of hydrogen-bond acceptors (Lipinski definition) is 4. The number of carbonyl (C=O) groups is 1. The molecule has 0 radical (unpaired) electrons. The van der Waals surface area contributed by atoms with E-state index in [-0.39, 0.29) is 5.91 Å². The molecule has 1 N–H and O–H groups in total. The molecule has 0 aliphatic rings. The van der Waals surface area contributed by atoms with Gasteiger partial charge in [0.25, 0.3) is 5.91 Å². The molecule has 0 bridgehead atoms. The Hall–Kier alpha value is -2.27. The number of carbonyl (C=O) groups excluding carboxylic acids is 1. The normalized spacial score (nSPS) is 11.0. The Labute approximate surface area is 146 Å². The lowest BCUT2D eigenvalue weighted by atomic mass is 10.1. The third-order valence-electron chi connectivity index (χ3n) is 4.23. The molecule has 1 amide bonds. The average molecular weight is 339 g/mol. The van der Waals surface area contributed by atoms with Gasteiger partial charge in [0.2, 0.25) is 0 Å². The summed E-state index contributed by atoms with van der Waals surface area (Å²) >= 11 is 1.45. The molecule has 0 atom stereocenters. The number of nitrogens with one attached hydrogen (secondary N) is 1. The lowest BCUT2D eigenvalue weighted by Gasteiger charge is -2.07. The first-order chi connectivity index (χ1) is 11.5. The van der Waals surface area contributed by atoms with Crippen LogP contribution in [-0.4, -0.2) is 22.4 Å². The Balaban J connectivity index is 1.76. The highest BCUT2D eigenvalue weighted by molar-refractivity contribution is 7.20. The summed E-state index contributed by atoms with van der Waals surface area (Å²) in [6, 6.07) is 8.26. The van der Waals surface area contributed by atoms with Crippen LogP contribution in [0.15, 0.2) is 24.3 Å². The molecule has 2 aromatic heterocycles. The Morgan fingerprint density at radius 2 is 1.88 bits per heavy atom. The van der Waals surface area contributed by atoms with Gasteiger partial charge < -0.3 is 5.32 Å². The Morgan fingerprint density at radius 3 is 2.62 bits per heavy atom. The van der Waals surface area contributed by atoms with Crippen LogP contribution >= 0.6 is 11.3 Å². The molecular formula is C19H21N3OS. The van der Waals surface area contributed by atoms with Crippen LogP contribution in [0.5, 0.6) is 0 Å². The number of amides is 1. The Morgan fingerprint density at radius 1 is 1.12 bits per heavy atom. The van der Waals surface area contributed by atoms with E-state index in [1.54, 1.807) is 0 Å². The molecule has 1 aromatic carbocycles. The minimum Gasteiger partial charge on any atom is -0.351 e. The number of benzene rings is 1. The molecular weight excluding hydrogens is 318 g/mol. The first kappa shape index (κ1) is 16.6. The second kappa shape index (κ2) is 6.69. The van der Waals surface area contributed by atoms with Crippen LogP contribution in [0.1, 0.15) is 37.9 Å². The predicted octanol–water partition coefficient (Wildman–Crippen LogP) is 3.90. The number of hydrogen-bond donors (Lipinski definition) is 1. The molecule has 24 heavy (non-hydrogen) atoms. The van der Waals surface area contributed by atoms with Crippen molar-refractivity contribution < 1.29 is 4.79 Å². The standard InChI is InChI=1S/C19H21N3OS/c1-11-7-5-6-8-15(11)9-10-20-18(23)17-12(2)16-13(3)21-14(4)22-19(16)24-17/h5-8H,9-10H2,1-4H3,(H,20,23). The molecule has 3 rings (SSSR count). The van der Waals surface area contributed by atoms with Gasteiger partial charge in [0.15, 0.2) is 0 Å². The summed E-state index contributed by atoms with van der Waals surface area (Å²) in [4.78, 5) is 23.1. The number of nitrogens with zero attached hydrogens (tertiary/aromatic N) is 2. The minimum absolute atomic E-state index is 0.0267. The van der Waals surface area contributed by atoms with Crippen molar-refractivity contribution in [3.8, 4) is 0 Å². The van der Waals surface area contributed by atoms with Crippen molar-refractivity contribution in [1.29, 1.82) is 0 Å². The van der Waals surface area contributed by atoms with Crippen LogP contribution in [0.25, 0.3) is 10.2 Å². The molecule has 0 aliphatic heterocycles. The fraction of sp³-hybridized carbons (Fsp3) is 0.316. The van der Waals surface area contributed by atoms with Gasteiger partial charge in [0.1, 0.15) is 10.7 Å². The number of aromatic nitrogens is 2. The SMILES string of the molecule is Cc1nc(C)c2c(C)c(C(=O)NCCc3ccccc3C)sc2n1. The quantitative estimate of drug-likeness (QED) is 0.784. The lowest BCUT2D eigenvalue weighted by Crippen LogP contribution is -2.25. The van der Waals surface area contributed by atoms with Crippen LogP contribution in [0, 0.1) is 27.7 Å². The fourth-order valence-corrected chi connectivity index (χ4v) is 4.17. The summed E-state index contributed by atoms with van der Waals surface area (Å²) in [5.74, 6) is 0.717. The fourth-order valence-electron chi connectivity index (χ4n) is 2.97. The third kappa shape index (κ3) is 3.17. The van der Waals surface area contributed by atoms with Gasteiger partial charge in [-0.3, -0.25) is 4.79 Å². The van der Waals surface area contributed by atoms with E-state index in [9.17, 15) is 4.79 Å². The maximum absolute atomic E-state index is 12.6. The third-order valence-corrected chi connectivity index (χ3v) is 5.41. The second-order valence-corrected chi connectivity index (χ2v) is 7.02. The zero-order chi connectivity index (χ0) is 17.3. The molecule has 0 spiro atoms. The number of fused-ring (bicyclic) bond motifs is 1. The van der Waals surface area contributed by atoms with Gasteiger partial charge in [-0.05, 0) is 50.8 Å². The van der Waals surface area contributed by atoms with Gasteiger partial charge in [-0.1, -0.05) is 24.3 Å². The summed E-state index contributed by atoms with van der Waals surface area (Å²) in [5, 5.41) is 4.04. The van der Waals surface area contributed by atoms with Crippen molar-refractivity contribution in [1.82, 2.24) is 15.3 Å². The molecule has 4 nitrogen and oxygen atoms in total. The maximum atomic E-state index is 12.6. The van der Waals surface area contributed by atoms with E-state index in [2.05, 4.69) is 34.3 Å². The van der Waals surface area contributed by atoms with E-state index in [4.69, 9.17) is 0 Å². The highest BCUT2D eigenvalue weighted by atomic mass is 32.1. The summed E-state index contributed by atoms with van der Waals surface area (Å²) in [5.41, 5.74) is 4.43. The van der Waals surface area contributed by atoms with E-state index < -0.39 is 0 Å². The van der Waals surface area contributed by atoms with Crippen LogP contribution in [-0.2, 0) is 6.42 Å². The molecule has 3 aromatic rings. The average Bonchev–Trinajstić information content (AvgIpc) is 2.86. The van der Waals surface area contributed by atoms with Crippen molar-refractivity contribution in [2.75, 3.05) is 6.54 Å². The molecule has 5 heteroatoms. The van der Waals surface area contributed by atoms with Crippen molar-refractivity contribution >= 4 is 27.5 Å². The number of rotatable bonds is 4. The second-order valence-electron chi connectivity index (χ2n) is 6.02. The van der Waals surface area contributed by atoms with Crippen LogP contribution < -0.4 is 5.32 Å². The van der Waals surface area contributed by atoms with Gasteiger partial charge in [0.05, 0.1) is 4.88 Å². The van der Waals surface area contributed by atoms with Crippen molar-refractivity contribution in [2.45, 2.75) is 34.1 Å². The Bertz CT molecular complexity index is 914. The molecule has 124 valence electrons. The highest BCUT2D eigenvalue weighted by Crippen LogP contribution is 2.31. The highest BCUT2D eigenvalue weighted by Gasteiger charge is 2.18. The Kier molecular flexibility index (Phi) is 4.62. The van der Waals surface area contributed by atoms with Crippen molar-refractivity contribution in [3.63, 3.8) is 0 Å². The van der Waals surface area contributed by atoms with Crippen LogP contribution in [0.4, 0.5) is 0 Å². The minimum atomic E-state index is -0.0267. The van der Waals surface area contributed by atoms with Crippen LogP contribution in [0.2, 0.25) is 0 Å². The van der Waals surface area contributed by atoms with E-state index in [1.807, 2.05) is 32.9 Å². The predicted molar refractivity (Wildman–Crippen MR) is 98.8 cm³/mol. The molecule has 0 aliphatic carbocycles. The van der Waals surface area contributed by atoms with E-state index in [0.717, 1.165) is 38.6 Å². The molecule has 0 saturated heterocycles. The van der Waals surface area contributed by atoms with Gasteiger partial charge in [-0.2, -0.15) is 0 Å². The maximum Gasteiger partial charge on any atom is 0.261 e.